The fourth-order valence-corrected chi connectivity index (χ4v) is 3.22. The van der Waals surface area contributed by atoms with Gasteiger partial charge in [-0.1, -0.05) is 6.58 Å². The SMILES string of the molecule is C=C(CC1CCC=C(O[Si](C)(C)C)C1)C(=O)OCC. The topological polar surface area (TPSA) is 35.5 Å². The second kappa shape index (κ2) is 6.94. The number of allylic oxidation sites excluding steroid dienone is 2. The molecule has 0 aromatic rings. The van der Waals surface area contributed by atoms with E-state index in [0.29, 0.717) is 24.5 Å². The Balaban J connectivity index is 2.48. The highest BCUT2D eigenvalue weighted by molar-refractivity contribution is 6.70. The highest BCUT2D eigenvalue weighted by atomic mass is 28.4. The van der Waals surface area contributed by atoms with Gasteiger partial charge in [-0.25, -0.2) is 4.79 Å². The molecule has 19 heavy (non-hydrogen) atoms. The van der Waals surface area contributed by atoms with Crippen LogP contribution in [0, 0.1) is 5.92 Å². The first kappa shape index (κ1) is 16.0. The van der Waals surface area contributed by atoms with Crippen LogP contribution in [-0.4, -0.2) is 20.9 Å². The van der Waals surface area contributed by atoms with E-state index in [0.717, 1.165) is 25.0 Å². The first-order valence-electron chi connectivity index (χ1n) is 7.04. The third kappa shape index (κ3) is 6.10. The molecule has 0 bridgehead atoms. The summed E-state index contributed by atoms with van der Waals surface area (Å²) in [6.07, 6.45) is 5.95. The zero-order valence-corrected chi connectivity index (χ0v) is 13.6. The molecule has 0 heterocycles. The van der Waals surface area contributed by atoms with Crippen molar-refractivity contribution in [2.45, 2.75) is 52.2 Å². The van der Waals surface area contributed by atoms with Crippen LogP contribution in [0.1, 0.15) is 32.6 Å². The van der Waals surface area contributed by atoms with Crippen molar-refractivity contribution in [1.29, 1.82) is 0 Å². The lowest BCUT2D eigenvalue weighted by molar-refractivity contribution is -0.138. The van der Waals surface area contributed by atoms with Crippen LogP contribution in [0.4, 0.5) is 0 Å². The summed E-state index contributed by atoms with van der Waals surface area (Å²) in [5.41, 5.74) is 0.584. The number of hydrogen-bond donors (Lipinski definition) is 0. The average Bonchev–Trinajstić information content (AvgIpc) is 2.27. The van der Waals surface area contributed by atoms with Gasteiger partial charge in [0.15, 0.2) is 0 Å². The molecular formula is C15H26O3Si. The minimum atomic E-state index is -1.53. The number of rotatable bonds is 6. The summed E-state index contributed by atoms with van der Waals surface area (Å²) in [5.74, 6) is 1.30. The van der Waals surface area contributed by atoms with Gasteiger partial charge >= 0.3 is 5.97 Å². The molecule has 0 fully saturated rings. The predicted molar refractivity (Wildman–Crippen MR) is 80.2 cm³/mol. The third-order valence-electron chi connectivity index (χ3n) is 2.97. The lowest BCUT2D eigenvalue weighted by Crippen LogP contribution is -2.26. The minimum Gasteiger partial charge on any atom is -0.548 e. The molecule has 0 saturated heterocycles. The Morgan fingerprint density at radius 3 is 2.74 bits per heavy atom. The standard InChI is InChI=1S/C15H26O3Si/c1-6-17-15(16)12(2)10-13-8-7-9-14(11-13)18-19(3,4)5/h9,13H,2,6-8,10-11H2,1,3-5H3. The maximum atomic E-state index is 11.6. The number of esters is 1. The molecule has 0 aliphatic heterocycles. The predicted octanol–water partition coefficient (Wildman–Crippen LogP) is 4.03. The quantitative estimate of drug-likeness (QED) is 0.419. The zero-order chi connectivity index (χ0) is 14.5. The van der Waals surface area contributed by atoms with Crippen LogP contribution >= 0.6 is 0 Å². The van der Waals surface area contributed by atoms with Crippen LogP contribution in [0.3, 0.4) is 0 Å². The number of hydrogen-bond acceptors (Lipinski definition) is 3. The molecule has 108 valence electrons. The molecule has 0 spiro atoms. The summed E-state index contributed by atoms with van der Waals surface area (Å²) in [4.78, 5) is 11.6. The van der Waals surface area contributed by atoms with Gasteiger partial charge in [-0.2, -0.15) is 0 Å². The Bertz CT molecular complexity index is 366. The van der Waals surface area contributed by atoms with Crippen LogP contribution in [0.15, 0.2) is 24.0 Å². The fraction of sp³-hybridized carbons (Fsp3) is 0.667. The Morgan fingerprint density at radius 2 is 2.16 bits per heavy atom. The van der Waals surface area contributed by atoms with Crippen molar-refractivity contribution in [2.24, 2.45) is 5.92 Å². The number of ether oxygens (including phenoxy) is 1. The Kier molecular flexibility index (Phi) is 5.85. The molecule has 1 unspecified atom stereocenters. The van der Waals surface area contributed by atoms with E-state index >= 15 is 0 Å². The van der Waals surface area contributed by atoms with Gasteiger partial charge in [0, 0.05) is 12.0 Å². The summed E-state index contributed by atoms with van der Waals surface area (Å²) in [7, 11) is -1.53. The molecule has 0 saturated carbocycles. The lowest BCUT2D eigenvalue weighted by atomic mass is 9.88. The molecule has 4 heteroatoms. The van der Waals surface area contributed by atoms with E-state index in [4.69, 9.17) is 9.16 Å². The lowest BCUT2D eigenvalue weighted by Gasteiger charge is -2.28. The van der Waals surface area contributed by atoms with Crippen LogP contribution < -0.4 is 0 Å². The van der Waals surface area contributed by atoms with E-state index in [1.807, 2.05) is 6.92 Å². The van der Waals surface area contributed by atoms with Crippen molar-refractivity contribution in [1.82, 2.24) is 0 Å². The Labute approximate surface area is 117 Å². The van der Waals surface area contributed by atoms with Crippen molar-refractivity contribution in [3.8, 4) is 0 Å². The molecule has 1 aliphatic rings. The van der Waals surface area contributed by atoms with Crippen LogP contribution in [-0.2, 0) is 14.0 Å². The fourth-order valence-electron chi connectivity index (χ4n) is 2.27. The van der Waals surface area contributed by atoms with E-state index in [1.165, 1.54) is 0 Å². The van der Waals surface area contributed by atoms with Crippen molar-refractivity contribution in [3.05, 3.63) is 24.0 Å². The third-order valence-corrected chi connectivity index (χ3v) is 3.85. The van der Waals surface area contributed by atoms with Gasteiger partial charge in [0.25, 0.3) is 0 Å². The average molecular weight is 282 g/mol. The summed E-state index contributed by atoms with van der Waals surface area (Å²) in [5, 5.41) is 0. The minimum absolute atomic E-state index is 0.260. The molecule has 1 rings (SSSR count). The van der Waals surface area contributed by atoms with Crippen molar-refractivity contribution < 1.29 is 14.0 Å². The van der Waals surface area contributed by atoms with Gasteiger partial charge in [-0.3, -0.25) is 0 Å². The van der Waals surface area contributed by atoms with Crippen molar-refractivity contribution >= 4 is 14.3 Å². The number of carbonyl (C=O) groups excluding carboxylic acids is 1. The summed E-state index contributed by atoms with van der Waals surface area (Å²) in [6, 6.07) is 0. The van der Waals surface area contributed by atoms with Crippen molar-refractivity contribution in [2.75, 3.05) is 6.61 Å². The van der Waals surface area contributed by atoms with Crippen LogP contribution in [0.2, 0.25) is 19.6 Å². The van der Waals surface area contributed by atoms with Gasteiger partial charge in [0.2, 0.25) is 8.32 Å². The first-order chi connectivity index (χ1) is 8.81. The van der Waals surface area contributed by atoms with Gasteiger partial charge < -0.3 is 9.16 Å². The smallest absolute Gasteiger partial charge is 0.333 e. The van der Waals surface area contributed by atoms with E-state index in [1.54, 1.807) is 0 Å². The zero-order valence-electron chi connectivity index (χ0n) is 12.6. The molecule has 1 atom stereocenters. The molecule has 3 nitrogen and oxygen atoms in total. The highest BCUT2D eigenvalue weighted by Gasteiger charge is 2.24. The first-order valence-corrected chi connectivity index (χ1v) is 10.5. The van der Waals surface area contributed by atoms with Crippen LogP contribution in [0.5, 0.6) is 0 Å². The number of carbonyl (C=O) groups is 1. The van der Waals surface area contributed by atoms with E-state index in [-0.39, 0.29) is 5.97 Å². The molecule has 0 radical (unpaired) electrons. The van der Waals surface area contributed by atoms with Gasteiger partial charge in [0.1, 0.15) is 0 Å². The second-order valence-corrected chi connectivity index (χ2v) is 10.5. The van der Waals surface area contributed by atoms with E-state index in [2.05, 4.69) is 32.3 Å². The summed E-state index contributed by atoms with van der Waals surface area (Å²) >= 11 is 0. The molecule has 0 aromatic carbocycles. The molecule has 1 aliphatic carbocycles. The summed E-state index contributed by atoms with van der Waals surface area (Å²) in [6.45, 7) is 12.6. The maximum absolute atomic E-state index is 11.6. The van der Waals surface area contributed by atoms with Gasteiger partial charge in [-0.05, 0) is 57.8 Å². The normalized spacial score (nSPS) is 19.6. The largest absolute Gasteiger partial charge is 0.548 e. The molecule has 0 N–H and O–H groups in total. The molecular weight excluding hydrogens is 256 g/mol. The molecule has 0 amide bonds. The van der Waals surface area contributed by atoms with E-state index in [9.17, 15) is 4.79 Å². The second-order valence-electron chi connectivity index (χ2n) is 6.06. The monoisotopic (exact) mass is 282 g/mol. The van der Waals surface area contributed by atoms with Gasteiger partial charge in [-0.15, -0.1) is 0 Å². The van der Waals surface area contributed by atoms with Crippen LogP contribution in [0.25, 0.3) is 0 Å². The Hall–Kier alpha value is -1.03. The molecule has 0 aromatic heterocycles. The van der Waals surface area contributed by atoms with Crippen molar-refractivity contribution in [3.63, 3.8) is 0 Å². The van der Waals surface area contributed by atoms with Gasteiger partial charge in [0.05, 0.1) is 12.4 Å². The Morgan fingerprint density at radius 1 is 1.47 bits per heavy atom. The highest BCUT2D eigenvalue weighted by Crippen LogP contribution is 2.31. The maximum Gasteiger partial charge on any atom is 0.333 e. The van der Waals surface area contributed by atoms with E-state index < -0.39 is 8.32 Å². The summed E-state index contributed by atoms with van der Waals surface area (Å²) < 4.78 is 11.0.